The number of fused-ring (bicyclic) bond motifs is 1. The number of amides is 2. The van der Waals surface area contributed by atoms with Crippen molar-refractivity contribution in [2.24, 2.45) is 0 Å². The maximum atomic E-state index is 12.4. The number of nitrogens with one attached hydrogen (secondary N) is 2. The smallest absolute Gasteiger partial charge is 0.253 e. The Kier molecular flexibility index (Phi) is 4.98. The molecule has 1 fully saturated rings. The number of aryl methyl sites for hydroxylation is 2. The van der Waals surface area contributed by atoms with E-state index in [2.05, 4.69) is 28.8 Å². The normalized spacial score (nSPS) is 15.4. The molecule has 0 heterocycles. The van der Waals surface area contributed by atoms with Gasteiger partial charge in [0.2, 0.25) is 5.91 Å². The van der Waals surface area contributed by atoms with E-state index in [0.29, 0.717) is 23.0 Å². The number of thioether (sulfide) groups is 1. The molecular formula is C21H22N2O2S. The zero-order chi connectivity index (χ0) is 17.9. The van der Waals surface area contributed by atoms with Gasteiger partial charge in [0.15, 0.2) is 0 Å². The van der Waals surface area contributed by atoms with Crippen LogP contribution in [-0.4, -0.2) is 23.6 Å². The maximum Gasteiger partial charge on any atom is 0.253 e. The monoisotopic (exact) mass is 366 g/mol. The zero-order valence-electron chi connectivity index (χ0n) is 14.6. The Labute approximate surface area is 157 Å². The molecule has 4 rings (SSSR count). The second-order valence-corrected chi connectivity index (χ2v) is 7.96. The molecule has 0 saturated heterocycles. The molecule has 2 aliphatic carbocycles. The van der Waals surface area contributed by atoms with Crippen LogP contribution in [0.3, 0.4) is 0 Å². The van der Waals surface area contributed by atoms with Crippen molar-refractivity contribution in [2.45, 2.75) is 43.0 Å². The van der Waals surface area contributed by atoms with Crippen molar-refractivity contribution in [3.63, 3.8) is 0 Å². The van der Waals surface area contributed by atoms with Gasteiger partial charge in [0.1, 0.15) is 0 Å². The van der Waals surface area contributed by atoms with Crippen molar-refractivity contribution in [1.82, 2.24) is 5.32 Å². The summed E-state index contributed by atoms with van der Waals surface area (Å²) in [4.78, 5) is 25.8. The lowest BCUT2D eigenvalue weighted by molar-refractivity contribution is -0.113. The van der Waals surface area contributed by atoms with Crippen LogP contribution in [-0.2, 0) is 17.6 Å². The summed E-state index contributed by atoms with van der Waals surface area (Å²) < 4.78 is 0. The van der Waals surface area contributed by atoms with Crippen molar-refractivity contribution in [3.8, 4) is 0 Å². The molecule has 2 aliphatic rings. The Bertz CT molecular complexity index is 846. The van der Waals surface area contributed by atoms with Crippen molar-refractivity contribution in [1.29, 1.82) is 0 Å². The van der Waals surface area contributed by atoms with E-state index < -0.39 is 0 Å². The van der Waals surface area contributed by atoms with Crippen molar-refractivity contribution in [2.75, 3.05) is 11.1 Å². The standard InChI is InChI=1S/C21H22N2O2S/c24-20(13-26-17-11-8-14-4-3-5-15(14)12-17)23-19-7-2-1-6-18(19)21(25)22-16-9-10-16/h1-2,6-8,11-12,16H,3-5,9-10,13H2,(H,22,25)(H,23,24). The molecule has 2 amide bonds. The molecule has 2 N–H and O–H groups in total. The molecule has 134 valence electrons. The van der Waals surface area contributed by atoms with Gasteiger partial charge in [-0.05, 0) is 67.5 Å². The highest BCUT2D eigenvalue weighted by atomic mass is 32.2. The van der Waals surface area contributed by atoms with E-state index in [0.717, 1.165) is 24.2 Å². The van der Waals surface area contributed by atoms with Gasteiger partial charge in [0, 0.05) is 10.9 Å². The van der Waals surface area contributed by atoms with E-state index in [1.165, 1.54) is 35.7 Å². The number of benzene rings is 2. The van der Waals surface area contributed by atoms with Crippen LogP contribution in [0.1, 0.15) is 40.7 Å². The number of rotatable bonds is 6. The third kappa shape index (κ3) is 4.10. The molecule has 5 heteroatoms. The highest BCUT2D eigenvalue weighted by Crippen LogP contribution is 2.28. The van der Waals surface area contributed by atoms with Crippen LogP contribution in [0.2, 0.25) is 0 Å². The van der Waals surface area contributed by atoms with E-state index in [1.807, 2.05) is 12.1 Å². The van der Waals surface area contributed by atoms with Crippen LogP contribution in [0.5, 0.6) is 0 Å². The molecule has 0 aromatic heterocycles. The first-order chi connectivity index (χ1) is 12.7. The van der Waals surface area contributed by atoms with Gasteiger partial charge in [0.05, 0.1) is 17.0 Å². The Morgan fingerprint density at radius 2 is 1.85 bits per heavy atom. The summed E-state index contributed by atoms with van der Waals surface area (Å²) >= 11 is 1.54. The second kappa shape index (κ2) is 7.54. The minimum atomic E-state index is -0.116. The molecular weight excluding hydrogens is 344 g/mol. The van der Waals surface area contributed by atoms with Gasteiger partial charge in [-0.1, -0.05) is 18.2 Å². The van der Waals surface area contributed by atoms with Gasteiger partial charge in [0.25, 0.3) is 5.91 Å². The van der Waals surface area contributed by atoms with Crippen LogP contribution in [0, 0.1) is 0 Å². The van der Waals surface area contributed by atoms with Gasteiger partial charge >= 0.3 is 0 Å². The first-order valence-corrected chi connectivity index (χ1v) is 10.1. The summed E-state index contributed by atoms with van der Waals surface area (Å²) in [5, 5.41) is 5.86. The van der Waals surface area contributed by atoms with E-state index in [1.54, 1.807) is 12.1 Å². The minimum absolute atomic E-state index is 0.0952. The molecule has 2 aromatic rings. The quantitative estimate of drug-likeness (QED) is 0.765. The second-order valence-electron chi connectivity index (χ2n) is 6.91. The zero-order valence-corrected chi connectivity index (χ0v) is 15.4. The summed E-state index contributed by atoms with van der Waals surface area (Å²) in [6.07, 6.45) is 5.61. The van der Waals surface area contributed by atoms with E-state index in [9.17, 15) is 9.59 Å². The molecule has 0 radical (unpaired) electrons. The lowest BCUT2D eigenvalue weighted by atomic mass is 10.1. The van der Waals surface area contributed by atoms with E-state index in [4.69, 9.17) is 0 Å². The summed E-state index contributed by atoms with van der Waals surface area (Å²) in [6.45, 7) is 0. The largest absolute Gasteiger partial charge is 0.349 e. The molecule has 26 heavy (non-hydrogen) atoms. The van der Waals surface area contributed by atoms with E-state index in [-0.39, 0.29) is 11.8 Å². The SMILES string of the molecule is O=C(CSc1ccc2c(c1)CCC2)Nc1ccccc1C(=O)NC1CC1. The average molecular weight is 366 g/mol. The van der Waals surface area contributed by atoms with Gasteiger partial charge in [-0.25, -0.2) is 0 Å². The van der Waals surface area contributed by atoms with Gasteiger partial charge in [-0.3, -0.25) is 9.59 Å². The number of para-hydroxylation sites is 1. The lowest BCUT2D eigenvalue weighted by Gasteiger charge is -2.11. The average Bonchev–Trinajstić information content (AvgIpc) is 3.33. The van der Waals surface area contributed by atoms with Crippen molar-refractivity contribution < 1.29 is 9.59 Å². The van der Waals surface area contributed by atoms with Gasteiger partial charge < -0.3 is 10.6 Å². The van der Waals surface area contributed by atoms with Crippen LogP contribution in [0.25, 0.3) is 0 Å². The summed E-state index contributed by atoms with van der Waals surface area (Å²) in [6, 6.07) is 14.0. The predicted molar refractivity (Wildman–Crippen MR) is 105 cm³/mol. The van der Waals surface area contributed by atoms with Crippen molar-refractivity contribution >= 4 is 29.3 Å². The lowest BCUT2D eigenvalue weighted by Crippen LogP contribution is -2.27. The third-order valence-corrected chi connectivity index (χ3v) is 5.79. The summed E-state index contributed by atoms with van der Waals surface area (Å²) in [5.74, 6) is 0.119. The Morgan fingerprint density at radius 3 is 2.69 bits per heavy atom. The summed E-state index contributed by atoms with van der Waals surface area (Å²) in [5.41, 5.74) is 3.95. The number of carbonyl (C=O) groups is 2. The van der Waals surface area contributed by atoms with Gasteiger partial charge in [-0.15, -0.1) is 11.8 Å². The molecule has 1 saturated carbocycles. The fourth-order valence-electron chi connectivity index (χ4n) is 3.25. The number of anilines is 1. The van der Waals surface area contributed by atoms with Crippen LogP contribution >= 0.6 is 11.8 Å². The molecule has 0 bridgehead atoms. The Morgan fingerprint density at radius 1 is 1.04 bits per heavy atom. The number of hydrogen-bond donors (Lipinski definition) is 2. The maximum absolute atomic E-state index is 12.4. The van der Waals surface area contributed by atoms with Crippen molar-refractivity contribution in [3.05, 3.63) is 59.2 Å². The predicted octanol–water partition coefficient (Wildman–Crippen LogP) is 3.80. The molecule has 0 spiro atoms. The fourth-order valence-corrected chi connectivity index (χ4v) is 4.01. The van der Waals surface area contributed by atoms with Crippen LogP contribution in [0.4, 0.5) is 5.69 Å². The van der Waals surface area contributed by atoms with E-state index >= 15 is 0 Å². The summed E-state index contributed by atoms with van der Waals surface area (Å²) in [7, 11) is 0. The highest BCUT2D eigenvalue weighted by Gasteiger charge is 2.25. The van der Waals surface area contributed by atoms with Crippen LogP contribution in [0.15, 0.2) is 47.4 Å². The third-order valence-electron chi connectivity index (χ3n) is 4.80. The fraction of sp³-hybridized carbons (Fsp3) is 0.333. The molecule has 4 nitrogen and oxygen atoms in total. The topological polar surface area (TPSA) is 58.2 Å². The first kappa shape index (κ1) is 17.2. The Balaban J connectivity index is 1.36. The Hall–Kier alpha value is -2.27. The van der Waals surface area contributed by atoms with Gasteiger partial charge in [-0.2, -0.15) is 0 Å². The molecule has 2 aromatic carbocycles. The number of carbonyl (C=O) groups excluding carboxylic acids is 2. The minimum Gasteiger partial charge on any atom is -0.349 e. The molecule has 0 aliphatic heterocycles. The molecule has 0 atom stereocenters. The molecule has 0 unspecified atom stereocenters. The number of hydrogen-bond acceptors (Lipinski definition) is 3. The first-order valence-electron chi connectivity index (χ1n) is 9.13. The highest BCUT2D eigenvalue weighted by molar-refractivity contribution is 8.00. The van der Waals surface area contributed by atoms with Crippen LogP contribution < -0.4 is 10.6 Å².